The summed E-state index contributed by atoms with van der Waals surface area (Å²) in [5, 5.41) is 10.3. The maximum Gasteiger partial charge on any atom is 0.0746 e. The van der Waals surface area contributed by atoms with Crippen molar-refractivity contribution in [3.8, 4) is 0 Å². The minimum absolute atomic E-state index is 0.121. The number of aliphatic hydroxyl groups excluding tert-OH is 1. The van der Waals surface area contributed by atoms with Gasteiger partial charge in [-0.25, -0.2) is 0 Å². The zero-order valence-corrected chi connectivity index (χ0v) is 10.4. The number of hydrogen-bond donors (Lipinski definition) is 1. The highest BCUT2D eigenvalue weighted by Crippen LogP contribution is 2.42. The zero-order valence-electron chi connectivity index (χ0n) is 10.4. The van der Waals surface area contributed by atoms with E-state index < -0.39 is 0 Å². The minimum Gasteiger partial charge on any atom is -0.391 e. The van der Waals surface area contributed by atoms with Gasteiger partial charge in [-0.15, -0.1) is 0 Å². The molecule has 0 aromatic rings. The van der Waals surface area contributed by atoms with Crippen molar-refractivity contribution in [1.82, 2.24) is 4.90 Å². The predicted molar refractivity (Wildman–Crippen MR) is 62.8 cm³/mol. The van der Waals surface area contributed by atoms with Gasteiger partial charge < -0.3 is 5.11 Å². The first-order valence-corrected chi connectivity index (χ1v) is 6.50. The molecule has 3 unspecified atom stereocenters. The van der Waals surface area contributed by atoms with Crippen molar-refractivity contribution >= 4 is 0 Å². The molecule has 0 bridgehead atoms. The van der Waals surface area contributed by atoms with Crippen LogP contribution >= 0.6 is 0 Å². The highest BCUT2D eigenvalue weighted by Gasteiger charge is 2.45. The quantitative estimate of drug-likeness (QED) is 0.758. The fourth-order valence-electron chi connectivity index (χ4n) is 3.43. The second kappa shape index (κ2) is 4.06. The molecule has 2 rings (SSSR count). The summed E-state index contributed by atoms with van der Waals surface area (Å²) in [6, 6.07) is 1.17. The molecular formula is C13H25NO. The average Bonchev–Trinajstić information content (AvgIpc) is 2.74. The lowest BCUT2D eigenvalue weighted by Gasteiger charge is -2.35. The van der Waals surface area contributed by atoms with Crippen LogP contribution in [-0.2, 0) is 0 Å². The molecule has 0 radical (unpaired) electrons. The first-order chi connectivity index (χ1) is 7.06. The van der Waals surface area contributed by atoms with Gasteiger partial charge in [-0.2, -0.15) is 0 Å². The van der Waals surface area contributed by atoms with Crippen LogP contribution in [0.2, 0.25) is 0 Å². The molecule has 15 heavy (non-hydrogen) atoms. The maximum atomic E-state index is 10.3. The van der Waals surface area contributed by atoms with Crippen molar-refractivity contribution in [2.75, 3.05) is 6.54 Å². The molecule has 0 aromatic carbocycles. The number of likely N-dealkylation sites (tertiary alicyclic amines) is 1. The van der Waals surface area contributed by atoms with Gasteiger partial charge >= 0.3 is 0 Å². The van der Waals surface area contributed by atoms with Gasteiger partial charge in [-0.3, -0.25) is 4.90 Å². The normalized spacial score (nSPS) is 41.2. The van der Waals surface area contributed by atoms with Crippen molar-refractivity contribution < 1.29 is 5.11 Å². The fraction of sp³-hybridized carbons (Fsp3) is 1.00. The van der Waals surface area contributed by atoms with Gasteiger partial charge in [0, 0.05) is 12.1 Å². The van der Waals surface area contributed by atoms with Crippen LogP contribution in [0, 0.1) is 5.41 Å². The van der Waals surface area contributed by atoms with Gasteiger partial charge in [0.2, 0.25) is 0 Å². The van der Waals surface area contributed by atoms with Gasteiger partial charge in [0.05, 0.1) is 6.10 Å². The molecule has 1 heterocycles. The second-order valence-corrected chi connectivity index (χ2v) is 5.98. The molecule has 1 saturated heterocycles. The van der Waals surface area contributed by atoms with Gasteiger partial charge in [0.25, 0.3) is 0 Å². The van der Waals surface area contributed by atoms with Crippen LogP contribution in [0.4, 0.5) is 0 Å². The summed E-state index contributed by atoms with van der Waals surface area (Å²) in [5.41, 5.74) is 0.131. The van der Waals surface area contributed by atoms with Crippen molar-refractivity contribution in [1.29, 1.82) is 0 Å². The van der Waals surface area contributed by atoms with Crippen molar-refractivity contribution in [2.24, 2.45) is 5.41 Å². The molecule has 1 saturated carbocycles. The number of hydrogen-bond acceptors (Lipinski definition) is 2. The molecule has 2 fully saturated rings. The largest absolute Gasteiger partial charge is 0.391 e. The monoisotopic (exact) mass is 211 g/mol. The minimum atomic E-state index is -0.121. The van der Waals surface area contributed by atoms with E-state index in [0.29, 0.717) is 6.04 Å². The Kier molecular flexibility index (Phi) is 3.09. The number of rotatable bonds is 2. The standard InChI is InChI=1S/C13H25NO/c1-4-10-6-5-9-14(10)11-7-8-13(2,3)12(11)15/h10-12,15H,4-9H2,1-3H3. The summed E-state index contributed by atoms with van der Waals surface area (Å²) in [5.74, 6) is 0. The van der Waals surface area contributed by atoms with E-state index in [-0.39, 0.29) is 11.5 Å². The molecule has 88 valence electrons. The SMILES string of the molecule is CCC1CCCN1C1CCC(C)(C)C1O. The van der Waals surface area contributed by atoms with E-state index in [1.54, 1.807) is 0 Å². The van der Waals surface area contributed by atoms with Gasteiger partial charge in [0.15, 0.2) is 0 Å². The lowest BCUT2D eigenvalue weighted by atomic mass is 9.88. The summed E-state index contributed by atoms with van der Waals surface area (Å²) in [6.07, 6.45) is 6.13. The Morgan fingerprint density at radius 2 is 2.07 bits per heavy atom. The lowest BCUT2D eigenvalue weighted by molar-refractivity contribution is 0.00959. The van der Waals surface area contributed by atoms with Crippen LogP contribution < -0.4 is 0 Å². The third-order valence-electron chi connectivity index (χ3n) is 4.57. The van der Waals surface area contributed by atoms with Gasteiger partial charge in [-0.05, 0) is 44.1 Å². The Hall–Kier alpha value is -0.0800. The van der Waals surface area contributed by atoms with E-state index in [0.717, 1.165) is 6.04 Å². The molecular weight excluding hydrogens is 186 g/mol. The highest BCUT2D eigenvalue weighted by atomic mass is 16.3. The molecule has 2 nitrogen and oxygen atoms in total. The summed E-state index contributed by atoms with van der Waals surface area (Å²) < 4.78 is 0. The first-order valence-electron chi connectivity index (χ1n) is 6.50. The molecule has 1 aliphatic heterocycles. The average molecular weight is 211 g/mol. The Bertz CT molecular complexity index is 227. The van der Waals surface area contributed by atoms with E-state index in [1.807, 2.05) is 0 Å². The smallest absolute Gasteiger partial charge is 0.0746 e. The highest BCUT2D eigenvalue weighted by molar-refractivity contribution is 4.99. The maximum absolute atomic E-state index is 10.3. The Labute approximate surface area is 93.7 Å². The molecule has 1 N–H and O–H groups in total. The van der Waals surface area contributed by atoms with Gasteiger partial charge in [-0.1, -0.05) is 20.8 Å². The molecule has 1 aliphatic carbocycles. The Balaban J connectivity index is 2.05. The van der Waals surface area contributed by atoms with Crippen LogP contribution in [0.25, 0.3) is 0 Å². The zero-order chi connectivity index (χ0) is 11.1. The number of aliphatic hydroxyl groups is 1. The molecule has 0 aromatic heterocycles. The van der Waals surface area contributed by atoms with E-state index in [2.05, 4.69) is 25.7 Å². The second-order valence-electron chi connectivity index (χ2n) is 5.98. The van der Waals surface area contributed by atoms with Crippen LogP contribution in [0.3, 0.4) is 0 Å². The molecule has 2 heteroatoms. The third kappa shape index (κ3) is 1.94. The fourth-order valence-corrected chi connectivity index (χ4v) is 3.43. The Morgan fingerprint density at radius 1 is 1.33 bits per heavy atom. The molecule has 0 amide bonds. The summed E-state index contributed by atoms with van der Waals surface area (Å²) in [6.45, 7) is 7.88. The van der Waals surface area contributed by atoms with Crippen LogP contribution in [0.5, 0.6) is 0 Å². The number of nitrogens with zero attached hydrogens (tertiary/aromatic N) is 1. The van der Waals surface area contributed by atoms with Crippen molar-refractivity contribution in [3.05, 3.63) is 0 Å². The van der Waals surface area contributed by atoms with Gasteiger partial charge in [0.1, 0.15) is 0 Å². The summed E-state index contributed by atoms with van der Waals surface area (Å²) in [4.78, 5) is 2.58. The van der Waals surface area contributed by atoms with Crippen molar-refractivity contribution in [2.45, 2.75) is 71.1 Å². The first kappa shape index (κ1) is 11.4. The van der Waals surface area contributed by atoms with E-state index in [1.165, 1.54) is 38.6 Å². The van der Waals surface area contributed by atoms with E-state index >= 15 is 0 Å². The Morgan fingerprint density at radius 3 is 2.60 bits per heavy atom. The predicted octanol–water partition coefficient (Wildman–Crippen LogP) is 2.41. The molecule has 2 aliphatic rings. The van der Waals surface area contributed by atoms with Crippen LogP contribution in [-0.4, -0.2) is 34.7 Å². The van der Waals surface area contributed by atoms with Crippen LogP contribution in [0.15, 0.2) is 0 Å². The van der Waals surface area contributed by atoms with E-state index in [9.17, 15) is 5.11 Å². The van der Waals surface area contributed by atoms with Crippen molar-refractivity contribution in [3.63, 3.8) is 0 Å². The topological polar surface area (TPSA) is 23.5 Å². The van der Waals surface area contributed by atoms with E-state index in [4.69, 9.17) is 0 Å². The molecule has 3 atom stereocenters. The third-order valence-corrected chi connectivity index (χ3v) is 4.57. The molecule has 0 spiro atoms. The lowest BCUT2D eigenvalue weighted by Crippen LogP contribution is -2.46. The summed E-state index contributed by atoms with van der Waals surface area (Å²) in [7, 11) is 0. The van der Waals surface area contributed by atoms with Crippen LogP contribution in [0.1, 0.15) is 52.9 Å². The summed E-state index contributed by atoms with van der Waals surface area (Å²) >= 11 is 0.